The van der Waals surface area contributed by atoms with Crippen LogP contribution in [0.25, 0.3) is 0 Å². The lowest BCUT2D eigenvalue weighted by atomic mass is 10.1. The number of piperidine rings is 1. The SMILES string of the molecule is COc1ccc(NC(=O)CN2CCCC(N)C2)cc1Cl. The summed E-state index contributed by atoms with van der Waals surface area (Å²) in [4.78, 5) is 14.1. The zero-order valence-electron chi connectivity index (χ0n) is 11.6. The third-order valence-electron chi connectivity index (χ3n) is 3.34. The molecule has 0 aliphatic carbocycles. The second kappa shape index (κ2) is 6.92. The van der Waals surface area contributed by atoms with Crippen molar-refractivity contribution < 1.29 is 9.53 Å². The molecule has 5 nitrogen and oxygen atoms in total. The number of nitrogens with two attached hydrogens (primary N) is 1. The van der Waals surface area contributed by atoms with Crippen LogP contribution in [0.15, 0.2) is 18.2 Å². The Kier molecular flexibility index (Phi) is 5.23. The summed E-state index contributed by atoms with van der Waals surface area (Å²) in [7, 11) is 1.55. The number of benzene rings is 1. The normalized spacial score (nSPS) is 19.6. The highest BCUT2D eigenvalue weighted by Crippen LogP contribution is 2.27. The third kappa shape index (κ3) is 4.10. The van der Waals surface area contributed by atoms with Crippen molar-refractivity contribution >= 4 is 23.2 Å². The van der Waals surface area contributed by atoms with E-state index in [9.17, 15) is 4.79 Å². The molecule has 1 aromatic rings. The number of nitrogens with zero attached hydrogens (tertiary/aromatic N) is 1. The van der Waals surface area contributed by atoms with Crippen LogP contribution in [0.5, 0.6) is 5.75 Å². The molecule has 20 heavy (non-hydrogen) atoms. The van der Waals surface area contributed by atoms with E-state index in [1.807, 2.05) is 0 Å². The number of anilines is 1. The average Bonchev–Trinajstić information content (AvgIpc) is 2.38. The van der Waals surface area contributed by atoms with Crippen molar-refractivity contribution in [1.29, 1.82) is 0 Å². The van der Waals surface area contributed by atoms with Crippen LogP contribution in [0.4, 0.5) is 5.69 Å². The first-order valence-corrected chi connectivity index (χ1v) is 7.07. The Morgan fingerprint density at radius 3 is 3.05 bits per heavy atom. The van der Waals surface area contributed by atoms with Crippen molar-refractivity contribution in [3.63, 3.8) is 0 Å². The molecule has 1 aliphatic rings. The van der Waals surface area contributed by atoms with Gasteiger partial charge in [-0.25, -0.2) is 0 Å². The summed E-state index contributed by atoms with van der Waals surface area (Å²) >= 11 is 6.02. The number of methoxy groups -OCH3 is 1. The number of carbonyl (C=O) groups excluding carboxylic acids is 1. The number of halogens is 1. The zero-order chi connectivity index (χ0) is 14.5. The number of nitrogens with one attached hydrogen (secondary N) is 1. The molecule has 0 aromatic heterocycles. The van der Waals surface area contributed by atoms with E-state index in [-0.39, 0.29) is 11.9 Å². The fourth-order valence-corrected chi connectivity index (χ4v) is 2.64. The fourth-order valence-electron chi connectivity index (χ4n) is 2.38. The predicted octanol–water partition coefficient (Wildman–Crippen LogP) is 1.71. The minimum Gasteiger partial charge on any atom is -0.495 e. The summed E-state index contributed by atoms with van der Waals surface area (Å²) in [5.74, 6) is 0.534. The third-order valence-corrected chi connectivity index (χ3v) is 3.64. The van der Waals surface area contributed by atoms with Crippen LogP contribution in [0.2, 0.25) is 5.02 Å². The Hall–Kier alpha value is -1.30. The lowest BCUT2D eigenvalue weighted by molar-refractivity contribution is -0.117. The number of hydrogen-bond acceptors (Lipinski definition) is 4. The van der Waals surface area contributed by atoms with Crippen LogP contribution >= 0.6 is 11.6 Å². The number of rotatable bonds is 4. The lowest BCUT2D eigenvalue weighted by Gasteiger charge is -2.29. The summed E-state index contributed by atoms with van der Waals surface area (Å²) < 4.78 is 5.07. The van der Waals surface area contributed by atoms with Gasteiger partial charge in [-0.05, 0) is 37.6 Å². The van der Waals surface area contributed by atoms with Crippen molar-refractivity contribution in [2.24, 2.45) is 5.73 Å². The maximum Gasteiger partial charge on any atom is 0.238 e. The van der Waals surface area contributed by atoms with Crippen LogP contribution in [0.1, 0.15) is 12.8 Å². The van der Waals surface area contributed by atoms with Gasteiger partial charge in [0, 0.05) is 18.3 Å². The van der Waals surface area contributed by atoms with Crippen LogP contribution in [-0.4, -0.2) is 43.6 Å². The van der Waals surface area contributed by atoms with Crippen molar-refractivity contribution in [2.45, 2.75) is 18.9 Å². The van der Waals surface area contributed by atoms with Gasteiger partial charge >= 0.3 is 0 Å². The molecule has 3 N–H and O–H groups in total. The standard InChI is InChI=1S/C14H20ClN3O2/c1-20-13-5-4-11(7-12(13)15)17-14(19)9-18-6-2-3-10(16)8-18/h4-5,7,10H,2-3,6,8-9,16H2,1H3,(H,17,19). The summed E-state index contributed by atoms with van der Waals surface area (Å²) in [6, 6.07) is 5.35. The minimum atomic E-state index is -0.0552. The molecule has 0 spiro atoms. The predicted molar refractivity (Wildman–Crippen MR) is 80.3 cm³/mol. The minimum absolute atomic E-state index is 0.0552. The second-order valence-corrected chi connectivity index (χ2v) is 5.44. The molecule has 1 atom stereocenters. The number of amides is 1. The van der Waals surface area contributed by atoms with Crippen LogP contribution < -0.4 is 15.8 Å². The molecule has 2 rings (SSSR count). The van der Waals surface area contributed by atoms with Gasteiger partial charge in [-0.2, -0.15) is 0 Å². The monoisotopic (exact) mass is 297 g/mol. The smallest absolute Gasteiger partial charge is 0.238 e. The molecular weight excluding hydrogens is 278 g/mol. The first-order valence-electron chi connectivity index (χ1n) is 6.70. The molecule has 1 saturated heterocycles. The van der Waals surface area contributed by atoms with Crippen LogP contribution in [-0.2, 0) is 4.79 Å². The van der Waals surface area contributed by atoms with Gasteiger partial charge in [0.15, 0.2) is 0 Å². The van der Waals surface area contributed by atoms with Gasteiger partial charge in [0.2, 0.25) is 5.91 Å². The Bertz CT molecular complexity index is 481. The van der Waals surface area contributed by atoms with E-state index in [1.165, 1.54) is 0 Å². The van der Waals surface area contributed by atoms with E-state index in [1.54, 1.807) is 25.3 Å². The molecule has 6 heteroatoms. The van der Waals surface area contributed by atoms with Gasteiger partial charge in [-0.1, -0.05) is 11.6 Å². The molecule has 1 aliphatic heterocycles. The van der Waals surface area contributed by atoms with Crippen molar-refractivity contribution in [2.75, 3.05) is 32.1 Å². The van der Waals surface area contributed by atoms with E-state index in [0.29, 0.717) is 23.0 Å². The topological polar surface area (TPSA) is 67.6 Å². The Balaban J connectivity index is 1.89. The summed E-state index contributed by atoms with van der Waals surface area (Å²) in [6.07, 6.45) is 2.08. The maximum atomic E-state index is 12.0. The maximum absolute atomic E-state index is 12.0. The molecule has 0 radical (unpaired) electrons. The fraction of sp³-hybridized carbons (Fsp3) is 0.500. The van der Waals surface area contributed by atoms with E-state index in [0.717, 1.165) is 25.9 Å². The Morgan fingerprint density at radius 1 is 1.60 bits per heavy atom. The van der Waals surface area contributed by atoms with Crippen LogP contribution in [0.3, 0.4) is 0 Å². The highest BCUT2D eigenvalue weighted by Gasteiger charge is 2.18. The number of carbonyl (C=O) groups is 1. The molecule has 0 bridgehead atoms. The van der Waals surface area contributed by atoms with E-state index >= 15 is 0 Å². The van der Waals surface area contributed by atoms with Gasteiger partial charge in [-0.3, -0.25) is 9.69 Å². The van der Waals surface area contributed by atoms with Gasteiger partial charge in [-0.15, -0.1) is 0 Å². The average molecular weight is 298 g/mol. The highest BCUT2D eigenvalue weighted by atomic mass is 35.5. The van der Waals surface area contributed by atoms with Crippen molar-refractivity contribution in [3.05, 3.63) is 23.2 Å². The molecule has 0 saturated carbocycles. The molecule has 110 valence electrons. The van der Waals surface area contributed by atoms with Crippen molar-refractivity contribution in [1.82, 2.24) is 4.90 Å². The summed E-state index contributed by atoms with van der Waals surface area (Å²) in [6.45, 7) is 2.05. The van der Waals surface area contributed by atoms with E-state index in [4.69, 9.17) is 22.1 Å². The number of likely N-dealkylation sites (tertiary alicyclic amines) is 1. The van der Waals surface area contributed by atoms with Gasteiger partial charge < -0.3 is 15.8 Å². The molecule has 1 fully saturated rings. The van der Waals surface area contributed by atoms with Gasteiger partial charge in [0.05, 0.1) is 18.7 Å². The molecular formula is C14H20ClN3O2. The highest BCUT2D eigenvalue weighted by molar-refractivity contribution is 6.32. The zero-order valence-corrected chi connectivity index (χ0v) is 12.3. The largest absolute Gasteiger partial charge is 0.495 e. The molecule has 1 amide bonds. The van der Waals surface area contributed by atoms with E-state index < -0.39 is 0 Å². The lowest BCUT2D eigenvalue weighted by Crippen LogP contribution is -2.45. The Labute approximate surface area is 124 Å². The summed E-state index contributed by atoms with van der Waals surface area (Å²) in [5.41, 5.74) is 6.57. The molecule has 1 heterocycles. The van der Waals surface area contributed by atoms with Crippen molar-refractivity contribution in [3.8, 4) is 5.75 Å². The summed E-state index contributed by atoms with van der Waals surface area (Å²) in [5, 5.41) is 3.31. The number of hydrogen-bond donors (Lipinski definition) is 2. The van der Waals surface area contributed by atoms with Gasteiger partial charge in [0.25, 0.3) is 0 Å². The Morgan fingerprint density at radius 2 is 2.40 bits per heavy atom. The van der Waals surface area contributed by atoms with Crippen LogP contribution in [0, 0.1) is 0 Å². The number of ether oxygens (including phenoxy) is 1. The first-order chi connectivity index (χ1) is 9.58. The molecule has 1 aromatic carbocycles. The van der Waals surface area contributed by atoms with Gasteiger partial charge in [0.1, 0.15) is 5.75 Å². The second-order valence-electron chi connectivity index (χ2n) is 5.03. The molecule has 1 unspecified atom stereocenters. The first kappa shape index (κ1) is 15.1. The quantitative estimate of drug-likeness (QED) is 0.888. The van der Waals surface area contributed by atoms with E-state index in [2.05, 4.69) is 10.2 Å².